The van der Waals surface area contributed by atoms with Crippen LogP contribution in [0.5, 0.6) is 5.75 Å². The maximum atomic E-state index is 12.2. The monoisotopic (exact) mass is 289 g/mol. The van der Waals surface area contributed by atoms with Crippen LogP contribution in [-0.2, 0) is 6.54 Å². The van der Waals surface area contributed by atoms with Gasteiger partial charge in [0.1, 0.15) is 11.4 Å². The molecule has 0 unspecified atom stereocenters. The van der Waals surface area contributed by atoms with Crippen LogP contribution in [0.2, 0.25) is 0 Å². The number of phenols is 1. The second kappa shape index (κ2) is 6.08. The number of carbonyl (C=O) groups is 1. The highest BCUT2D eigenvalue weighted by atomic mass is 16.6. The molecular formula is C14H15N3O4. The lowest BCUT2D eigenvalue weighted by molar-refractivity contribution is -0.384. The Morgan fingerprint density at radius 2 is 2.14 bits per heavy atom. The molecule has 0 bridgehead atoms. The number of aromatic nitrogens is 1. The molecular weight excluding hydrogens is 274 g/mol. The number of anilines is 1. The molecule has 2 rings (SSSR count). The summed E-state index contributed by atoms with van der Waals surface area (Å²) in [6.07, 6.45) is 2.61. The van der Waals surface area contributed by atoms with Gasteiger partial charge in [0.2, 0.25) is 0 Å². The van der Waals surface area contributed by atoms with Crippen LogP contribution < -0.4 is 5.32 Å². The Morgan fingerprint density at radius 3 is 2.81 bits per heavy atom. The van der Waals surface area contributed by atoms with Crippen molar-refractivity contribution < 1.29 is 14.8 Å². The summed E-state index contributed by atoms with van der Waals surface area (Å²) in [5.74, 6) is -0.843. The molecule has 7 nitrogen and oxygen atoms in total. The Balaban J connectivity index is 2.32. The molecule has 21 heavy (non-hydrogen) atoms. The minimum Gasteiger partial charge on any atom is -0.505 e. The van der Waals surface area contributed by atoms with Crippen LogP contribution in [0.4, 0.5) is 11.4 Å². The number of rotatable bonds is 5. The van der Waals surface area contributed by atoms with E-state index in [9.17, 15) is 20.0 Å². The van der Waals surface area contributed by atoms with Crippen molar-refractivity contribution in [3.63, 3.8) is 0 Å². The molecule has 1 aromatic carbocycles. The van der Waals surface area contributed by atoms with Gasteiger partial charge in [0.15, 0.2) is 5.69 Å². The van der Waals surface area contributed by atoms with E-state index in [-0.39, 0.29) is 17.1 Å². The van der Waals surface area contributed by atoms with Crippen LogP contribution >= 0.6 is 0 Å². The quantitative estimate of drug-likeness (QED) is 0.502. The summed E-state index contributed by atoms with van der Waals surface area (Å²) in [5, 5.41) is 23.1. The van der Waals surface area contributed by atoms with Crippen molar-refractivity contribution in [3.05, 3.63) is 52.3 Å². The first-order valence-electron chi connectivity index (χ1n) is 6.47. The molecule has 2 N–H and O–H groups in total. The largest absolute Gasteiger partial charge is 0.505 e. The molecule has 0 fully saturated rings. The average Bonchev–Trinajstić information content (AvgIpc) is 2.89. The molecule has 0 saturated heterocycles. The summed E-state index contributed by atoms with van der Waals surface area (Å²) >= 11 is 0. The molecule has 0 spiro atoms. The van der Waals surface area contributed by atoms with E-state index in [1.165, 1.54) is 18.2 Å². The molecule has 110 valence electrons. The minimum atomic E-state index is -0.652. The topological polar surface area (TPSA) is 97.4 Å². The Bertz CT molecular complexity index is 679. The van der Waals surface area contributed by atoms with Gasteiger partial charge in [0.25, 0.3) is 11.6 Å². The smallest absolute Gasteiger partial charge is 0.296 e. The van der Waals surface area contributed by atoms with Crippen molar-refractivity contribution in [1.29, 1.82) is 0 Å². The number of aromatic hydroxyl groups is 1. The lowest BCUT2D eigenvalue weighted by Gasteiger charge is -2.10. The van der Waals surface area contributed by atoms with E-state index in [2.05, 4.69) is 5.32 Å². The number of nitro groups is 1. The van der Waals surface area contributed by atoms with Gasteiger partial charge in [-0.1, -0.05) is 13.0 Å². The number of hydrogen-bond donors (Lipinski definition) is 2. The van der Waals surface area contributed by atoms with E-state index < -0.39 is 10.8 Å². The fourth-order valence-electron chi connectivity index (χ4n) is 2.04. The number of nitro benzene ring substituents is 1. The normalized spacial score (nSPS) is 10.3. The van der Waals surface area contributed by atoms with Crippen LogP contribution in [0.15, 0.2) is 36.5 Å². The SMILES string of the molecule is CCCn1cccc1C(=O)Nc1c(O)cccc1[N+](=O)[O-]. The van der Waals surface area contributed by atoms with E-state index >= 15 is 0 Å². The first kappa shape index (κ1) is 14.6. The molecule has 0 aliphatic rings. The highest BCUT2D eigenvalue weighted by Gasteiger charge is 2.21. The number of phenolic OH excluding ortho intramolecular Hbond substituents is 1. The molecule has 1 amide bonds. The van der Waals surface area contributed by atoms with Gasteiger partial charge in [0, 0.05) is 18.8 Å². The molecule has 7 heteroatoms. The third-order valence-corrected chi connectivity index (χ3v) is 2.98. The van der Waals surface area contributed by atoms with Crippen LogP contribution in [0, 0.1) is 10.1 Å². The highest BCUT2D eigenvalue weighted by molar-refractivity contribution is 6.05. The fraction of sp³-hybridized carbons (Fsp3) is 0.214. The third kappa shape index (κ3) is 3.02. The number of para-hydroxylation sites is 1. The average molecular weight is 289 g/mol. The van der Waals surface area contributed by atoms with Crippen LogP contribution in [0.25, 0.3) is 0 Å². The zero-order valence-corrected chi connectivity index (χ0v) is 11.4. The third-order valence-electron chi connectivity index (χ3n) is 2.98. The summed E-state index contributed by atoms with van der Waals surface area (Å²) in [4.78, 5) is 22.5. The predicted octanol–water partition coefficient (Wildman–Crippen LogP) is 2.76. The van der Waals surface area contributed by atoms with Gasteiger partial charge in [-0.05, 0) is 24.6 Å². The predicted molar refractivity (Wildman–Crippen MR) is 77.4 cm³/mol. The zero-order valence-electron chi connectivity index (χ0n) is 11.4. The molecule has 0 atom stereocenters. The number of nitrogens with one attached hydrogen (secondary N) is 1. The molecule has 1 aromatic heterocycles. The van der Waals surface area contributed by atoms with Crippen LogP contribution in [0.3, 0.4) is 0 Å². The number of hydrogen-bond acceptors (Lipinski definition) is 4. The van der Waals surface area contributed by atoms with Crippen molar-refractivity contribution >= 4 is 17.3 Å². The molecule has 0 aliphatic heterocycles. The fourth-order valence-corrected chi connectivity index (χ4v) is 2.04. The van der Waals surface area contributed by atoms with Gasteiger partial charge >= 0.3 is 0 Å². The van der Waals surface area contributed by atoms with E-state index in [1.54, 1.807) is 22.9 Å². The Labute approximate surface area is 121 Å². The molecule has 2 aromatic rings. The summed E-state index contributed by atoms with van der Waals surface area (Å²) in [6.45, 7) is 2.65. The number of amides is 1. The number of benzene rings is 1. The van der Waals surface area contributed by atoms with Gasteiger partial charge in [-0.2, -0.15) is 0 Å². The first-order chi connectivity index (χ1) is 10.0. The minimum absolute atomic E-state index is 0.197. The lowest BCUT2D eigenvalue weighted by atomic mass is 10.2. The summed E-state index contributed by atoms with van der Waals surface area (Å²) in [7, 11) is 0. The molecule has 0 aliphatic carbocycles. The summed E-state index contributed by atoms with van der Waals surface area (Å²) in [6, 6.07) is 7.21. The van der Waals surface area contributed by atoms with Gasteiger partial charge in [0.05, 0.1) is 4.92 Å². The Hall–Kier alpha value is -2.83. The number of aryl methyl sites for hydroxylation is 1. The van der Waals surface area contributed by atoms with E-state index in [0.29, 0.717) is 12.2 Å². The zero-order chi connectivity index (χ0) is 15.4. The maximum absolute atomic E-state index is 12.2. The van der Waals surface area contributed by atoms with Crippen LogP contribution in [-0.4, -0.2) is 20.5 Å². The summed E-state index contributed by atoms with van der Waals surface area (Å²) in [5.41, 5.74) is -0.164. The number of carbonyl (C=O) groups excluding carboxylic acids is 1. The van der Waals surface area contributed by atoms with Crippen molar-refractivity contribution in [2.75, 3.05) is 5.32 Å². The van der Waals surface area contributed by atoms with Gasteiger partial charge in [-0.25, -0.2) is 0 Å². The standard InChI is InChI=1S/C14H15N3O4/c1-2-8-16-9-4-6-11(16)14(19)15-13-10(17(20)21)5-3-7-12(13)18/h3-7,9,18H,2,8H2,1H3,(H,15,19). The van der Waals surface area contributed by atoms with Gasteiger partial charge in [-0.15, -0.1) is 0 Å². The van der Waals surface area contributed by atoms with Crippen molar-refractivity contribution in [2.24, 2.45) is 0 Å². The molecule has 0 saturated carbocycles. The van der Waals surface area contributed by atoms with Crippen molar-refractivity contribution in [2.45, 2.75) is 19.9 Å². The lowest BCUT2D eigenvalue weighted by Crippen LogP contribution is -2.17. The highest BCUT2D eigenvalue weighted by Crippen LogP contribution is 2.33. The van der Waals surface area contributed by atoms with Crippen LogP contribution in [0.1, 0.15) is 23.8 Å². The molecule has 0 radical (unpaired) electrons. The van der Waals surface area contributed by atoms with E-state index in [4.69, 9.17) is 0 Å². The van der Waals surface area contributed by atoms with Crippen molar-refractivity contribution in [1.82, 2.24) is 4.57 Å². The molecule has 1 heterocycles. The number of nitrogens with zero attached hydrogens (tertiary/aromatic N) is 2. The maximum Gasteiger partial charge on any atom is 0.296 e. The van der Waals surface area contributed by atoms with Crippen molar-refractivity contribution in [3.8, 4) is 5.75 Å². The second-order valence-electron chi connectivity index (χ2n) is 4.47. The first-order valence-corrected chi connectivity index (χ1v) is 6.47. The van der Waals surface area contributed by atoms with E-state index in [1.807, 2.05) is 6.92 Å². The van der Waals surface area contributed by atoms with E-state index in [0.717, 1.165) is 6.42 Å². The Morgan fingerprint density at radius 1 is 1.38 bits per heavy atom. The second-order valence-corrected chi connectivity index (χ2v) is 4.47. The summed E-state index contributed by atoms with van der Waals surface area (Å²) < 4.78 is 1.75. The van der Waals surface area contributed by atoms with Gasteiger partial charge < -0.3 is 15.0 Å². The van der Waals surface area contributed by atoms with Gasteiger partial charge in [-0.3, -0.25) is 14.9 Å². The Kier molecular flexibility index (Phi) is 4.22.